The Bertz CT molecular complexity index is 525. The van der Waals surface area contributed by atoms with Crippen LogP contribution in [-0.4, -0.2) is 37.0 Å². The van der Waals surface area contributed by atoms with E-state index >= 15 is 0 Å². The van der Waals surface area contributed by atoms with Gasteiger partial charge in [0.25, 0.3) is 5.78 Å². The SMILES string of the molecule is CCOC(=O)C(=O)COC(=O)CC(C)Oc1ccc(Cl)cc1. The Morgan fingerprint density at radius 1 is 1.14 bits per heavy atom. The van der Waals surface area contributed by atoms with Crippen molar-refractivity contribution in [3.05, 3.63) is 29.3 Å². The van der Waals surface area contributed by atoms with Crippen molar-refractivity contribution in [1.82, 2.24) is 0 Å². The number of rotatable bonds is 8. The highest BCUT2D eigenvalue weighted by molar-refractivity contribution is 6.34. The van der Waals surface area contributed by atoms with E-state index in [2.05, 4.69) is 4.74 Å². The first-order chi connectivity index (χ1) is 10.4. The predicted octanol–water partition coefficient (Wildman–Crippen LogP) is 2.17. The van der Waals surface area contributed by atoms with Crippen LogP contribution in [0.4, 0.5) is 0 Å². The Balaban J connectivity index is 2.33. The van der Waals surface area contributed by atoms with Crippen LogP contribution in [0.3, 0.4) is 0 Å². The van der Waals surface area contributed by atoms with Crippen molar-refractivity contribution in [2.75, 3.05) is 13.2 Å². The summed E-state index contributed by atoms with van der Waals surface area (Å²) in [6.07, 6.45) is -0.509. The molecule has 1 aromatic carbocycles. The van der Waals surface area contributed by atoms with Crippen LogP contribution in [0.1, 0.15) is 20.3 Å². The van der Waals surface area contributed by atoms with Gasteiger partial charge in [-0.2, -0.15) is 0 Å². The first-order valence-electron chi connectivity index (χ1n) is 6.70. The molecule has 7 heteroatoms. The summed E-state index contributed by atoms with van der Waals surface area (Å²) in [7, 11) is 0. The molecule has 1 rings (SSSR count). The predicted molar refractivity (Wildman–Crippen MR) is 78.8 cm³/mol. The average molecular weight is 329 g/mol. The average Bonchev–Trinajstić information content (AvgIpc) is 2.47. The van der Waals surface area contributed by atoms with E-state index in [0.717, 1.165) is 0 Å². The van der Waals surface area contributed by atoms with Gasteiger partial charge in [0.05, 0.1) is 13.0 Å². The molecule has 0 radical (unpaired) electrons. The van der Waals surface area contributed by atoms with Gasteiger partial charge in [0.2, 0.25) is 0 Å². The topological polar surface area (TPSA) is 78.9 Å². The molecule has 0 N–H and O–H groups in total. The number of carbonyl (C=O) groups excluding carboxylic acids is 3. The van der Waals surface area contributed by atoms with Crippen LogP contribution in [0.15, 0.2) is 24.3 Å². The molecule has 1 unspecified atom stereocenters. The first-order valence-corrected chi connectivity index (χ1v) is 7.08. The van der Waals surface area contributed by atoms with Crippen molar-refractivity contribution in [2.24, 2.45) is 0 Å². The van der Waals surface area contributed by atoms with Gasteiger partial charge >= 0.3 is 11.9 Å². The van der Waals surface area contributed by atoms with Crippen LogP contribution in [-0.2, 0) is 23.9 Å². The zero-order valence-electron chi connectivity index (χ0n) is 12.3. The van der Waals surface area contributed by atoms with Gasteiger partial charge in [-0.3, -0.25) is 9.59 Å². The van der Waals surface area contributed by atoms with Crippen LogP contribution < -0.4 is 4.74 Å². The van der Waals surface area contributed by atoms with Gasteiger partial charge < -0.3 is 14.2 Å². The molecule has 0 fully saturated rings. The van der Waals surface area contributed by atoms with Crippen molar-refractivity contribution < 1.29 is 28.6 Å². The number of Topliss-reactive ketones (excluding diaryl/α,β-unsaturated/α-hetero) is 1. The summed E-state index contributed by atoms with van der Waals surface area (Å²) in [5.41, 5.74) is 0. The monoisotopic (exact) mass is 328 g/mol. The standard InChI is InChI=1S/C15H17ClO6/c1-3-20-15(19)13(17)9-21-14(18)8-10(2)22-12-6-4-11(16)5-7-12/h4-7,10H,3,8-9H2,1-2H3. The highest BCUT2D eigenvalue weighted by Gasteiger charge is 2.18. The van der Waals surface area contributed by atoms with Gasteiger partial charge in [-0.05, 0) is 38.1 Å². The molecule has 0 spiro atoms. The number of carbonyl (C=O) groups is 3. The third-order valence-corrected chi connectivity index (χ3v) is 2.72. The van der Waals surface area contributed by atoms with E-state index in [-0.39, 0.29) is 13.0 Å². The summed E-state index contributed by atoms with van der Waals surface area (Å²) in [6, 6.07) is 6.68. The van der Waals surface area contributed by atoms with E-state index in [1.165, 1.54) is 0 Å². The Kier molecular flexibility index (Phi) is 7.39. The molecule has 1 aromatic rings. The molecule has 0 bridgehead atoms. The second-order valence-corrected chi connectivity index (χ2v) is 4.83. The zero-order chi connectivity index (χ0) is 16.5. The highest BCUT2D eigenvalue weighted by atomic mass is 35.5. The van der Waals surface area contributed by atoms with Crippen LogP contribution in [0.25, 0.3) is 0 Å². The summed E-state index contributed by atoms with van der Waals surface area (Å²) >= 11 is 5.75. The van der Waals surface area contributed by atoms with Crippen molar-refractivity contribution in [1.29, 1.82) is 0 Å². The van der Waals surface area contributed by atoms with E-state index in [0.29, 0.717) is 10.8 Å². The lowest BCUT2D eigenvalue weighted by atomic mass is 10.3. The maximum atomic E-state index is 11.6. The minimum Gasteiger partial charge on any atom is -0.490 e. The van der Waals surface area contributed by atoms with E-state index in [4.69, 9.17) is 21.1 Å². The number of hydrogen-bond acceptors (Lipinski definition) is 6. The Labute approximate surface area is 133 Å². The molecule has 0 saturated heterocycles. The smallest absolute Gasteiger partial charge is 0.378 e. The first kappa shape index (κ1) is 18.0. The Hall–Kier alpha value is -2.08. The maximum Gasteiger partial charge on any atom is 0.378 e. The molecule has 22 heavy (non-hydrogen) atoms. The van der Waals surface area contributed by atoms with E-state index in [1.807, 2.05) is 0 Å². The fraction of sp³-hybridized carbons (Fsp3) is 0.400. The van der Waals surface area contributed by atoms with Crippen molar-refractivity contribution in [3.63, 3.8) is 0 Å². The third kappa shape index (κ3) is 6.58. The van der Waals surface area contributed by atoms with E-state index < -0.39 is 30.4 Å². The summed E-state index contributed by atoms with van der Waals surface area (Å²) in [5, 5.41) is 0.580. The summed E-state index contributed by atoms with van der Waals surface area (Å²) < 4.78 is 14.7. The molecule has 0 aliphatic heterocycles. The van der Waals surface area contributed by atoms with Crippen molar-refractivity contribution in [2.45, 2.75) is 26.4 Å². The van der Waals surface area contributed by atoms with Crippen molar-refractivity contribution in [3.8, 4) is 5.75 Å². The highest BCUT2D eigenvalue weighted by Crippen LogP contribution is 2.17. The number of halogens is 1. The molecule has 0 saturated carbocycles. The molecule has 1 atom stereocenters. The third-order valence-electron chi connectivity index (χ3n) is 2.47. The normalized spacial score (nSPS) is 11.4. The van der Waals surface area contributed by atoms with Crippen LogP contribution in [0, 0.1) is 0 Å². The number of hydrogen-bond donors (Lipinski definition) is 0. The number of ketones is 1. The van der Waals surface area contributed by atoms with Crippen LogP contribution in [0.2, 0.25) is 5.02 Å². The molecule has 0 amide bonds. The second kappa shape index (κ2) is 9.04. The molecule has 0 aliphatic carbocycles. The number of esters is 2. The van der Waals surface area contributed by atoms with Crippen molar-refractivity contribution >= 4 is 29.3 Å². The lowest BCUT2D eigenvalue weighted by molar-refractivity contribution is -0.159. The largest absolute Gasteiger partial charge is 0.490 e. The van der Waals surface area contributed by atoms with Crippen LogP contribution >= 0.6 is 11.6 Å². The van der Waals surface area contributed by atoms with Gasteiger partial charge in [-0.15, -0.1) is 0 Å². The molecular weight excluding hydrogens is 312 g/mol. The summed E-state index contributed by atoms with van der Waals surface area (Å²) in [6.45, 7) is 2.71. The zero-order valence-corrected chi connectivity index (χ0v) is 13.1. The fourth-order valence-corrected chi connectivity index (χ4v) is 1.62. The lowest BCUT2D eigenvalue weighted by Gasteiger charge is -2.14. The molecule has 120 valence electrons. The minimum absolute atomic E-state index is 0.0568. The second-order valence-electron chi connectivity index (χ2n) is 4.39. The van der Waals surface area contributed by atoms with E-state index in [1.54, 1.807) is 38.1 Å². The summed E-state index contributed by atoms with van der Waals surface area (Å²) in [4.78, 5) is 33.9. The van der Waals surface area contributed by atoms with Gasteiger partial charge in [-0.1, -0.05) is 11.6 Å². The number of ether oxygens (including phenoxy) is 3. The number of benzene rings is 1. The van der Waals surface area contributed by atoms with Gasteiger partial charge in [0.15, 0.2) is 6.61 Å². The quantitative estimate of drug-likeness (QED) is 0.537. The van der Waals surface area contributed by atoms with Gasteiger partial charge in [0, 0.05) is 5.02 Å². The van der Waals surface area contributed by atoms with Gasteiger partial charge in [-0.25, -0.2) is 4.79 Å². The Morgan fingerprint density at radius 3 is 2.36 bits per heavy atom. The van der Waals surface area contributed by atoms with E-state index in [9.17, 15) is 14.4 Å². The molecule has 0 aromatic heterocycles. The molecule has 0 heterocycles. The molecular formula is C15H17ClO6. The summed E-state index contributed by atoms with van der Waals surface area (Å²) in [5.74, 6) is -1.99. The molecule has 0 aliphatic rings. The lowest BCUT2D eigenvalue weighted by Crippen LogP contribution is -2.26. The van der Waals surface area contributed by atoms with Gasteiger partial charge in [0.1, 0.15) is 11.9 Å². The Morgan fingerprint density at radius 2 is 1.77 bits per heavy atom. The maximum absolute atomic E-state index is 11.6. The van der Waals surface area contributed by atoms with Crippen LogP contribution in [0.5, 0.6) is 5.75 Å². The minimum atomic E-state index is -1.01. The fourth-order valence-electron chi connectivity index (χ4n) is 1.50. The molecule has 6 nitrogen and oxygen atoms in total.